The molecule has 0 bridgehead atoms. The maximum Gasteiger partial charge on any atom is 0.256 e. The van der Waals surface area contributed by atoms with Gasteiger partial charge in [-0.3, -0.25) is 12.9 Å². The molecule has 0 radical (unpaired) electrons. The van der Waals surface area contributed by atoms with Crippen LogP contribution in [0.4, 0.5) is 5.82 Å². The summed E-state index contributed by atoms with van der Waals surface area (Å²) in [5.74, 6) is -0.00533. The van der Waals surface area contributed by atoms with Gasteiger partial charge < -0.3 is 25.3 Å². The van der Waals surface area contributed by atoms with E-state index in [9.17, 15) is 9.90 Å². The van der Waals surface area contributed by atoms with Crippen LogP contribution in [-0.2, 0) is 9.16 Å². The summed E-state index contributed by atoms with van der Waals surface area (Å²) in [5.41, 5.74) is 7.87. The molecule has 1 fully saturated rings. The van der Waals surface area contributed by atoms with Gasteiger partial charge in [-0.15, -0.1) is 0 Å². The molecule has 4 rings (SSSR count). The summed E-state index contributed by atoms with van der Waals surface area (Å²) in [7, 11) is -0.558. The molecular formula is C24H36IN7O4Si. The van der Waals surface area contributed by atoms with E-state index < -0.39 is 32.8 Å². The molecule has 0 unspecified atom stereocenters. The minimum Gasteiger partial charge on any atom is -0.408 e. The molecule has 11 nitrogen and oxygen atoms in total. The predicted octanol–water partition coefficient (Wildman–Crippen LogP) is 3.24. The molecule has 0 aliphatic carbocycles. The number of nitrogens with zero attached hydrogens (tertiary/aromatic N) is 4. The van der Waals surface area contributed by atoms with Crippen molar-refractivity contribution in [3.63, 3.8) is 0 Å². The molecular weight excluding hydrogens is 605 g/mol. The number of aliphatic hydroxyl groups is 1. The molecule has 1 aliphatic heterocycles. The average Bonchev–Trinajstić information content (AvgIpc) is 3.40. The number of rotatable bonds is 6. The van der Waals surface area contributed by atoms with Crippen molar-refractivity contribution in [2.75, 3.05) is 19.0 Å². The standard InChI is InChI=1S/C23H32N6O4Si.CH4IN/c1-23(2,3)34(4,5)33-18-16(24)15(11-30)32-22(18)29-13-27-17-19(25-12-26-20(17)29)28-21(31)14-9-7-6-8-10-14;1-3-2/h6-10,12-13,15-16,18,22,30H,11,24H2,1-5H3,(H,25,26,28,31);3H,1H3/t15-,16-,18-,22-;/m1./s1/i/hT. The van der Waals surface area contributed by atoms with Crippen LogP contribution in [0.3, 0.4) is 0 Å². The van der Waals surface area contributed by atoms with Crippen molar-refractivity contribution in [2.24, 2.45) is 5.73 Å². The highest BCUT2D eigenvalue weighted by Crippen LogP contribution is 2.42. The van der Waals surface area contributed by atoms with Gasteiger partial charge in [-0.25, -0.2) is 15.0 Å². The summed E-state index contributed by atoms with van der Waals surface area (Å²) in [6.07, 6.45) is 1.21. The second kappa shape index (κ2) is 12.2. The van der Waals surface area contributed by atoms with Crippen molar-refractivity contribution in [3.05, 3.63) is 48.5 Å². The molecule has 1 aromatic carbocycles. The average molecular weight is 644 g/mol. The van der Waals surface area contributed by atoms with Crippen molar-refractivity contribution >= 4 is 54.1 Å². The van der Waals surface area contributed by atoms with Crippen LogP contribution in [0.25, 0.3) is 11.2 Å². The van der Waals surface area contributed by atoms with E-state index in [0.29, 0.717) is 22.5 Å². The first kappa shape index (κ1) is 28.0. The number of imidazole rings is 1. The van der Waals surface area contributed by atoms with Gasteiger partial charge in [-0.2, -0.15) is 0 Å². The number of nitrogens with two attached hydrogens (primary N) is 1. The van der Waals surface area contributed by atoms with Crippen molar-refractivity contribution in [2.45, 2.75) is 63.4 Å². The Kier molecular flexibility index (Phi) is 9.26. The van der Waals surface area contributed by atoms with E-state index in [0.717, 1.165) is 0 Å². The predicted molar refractivity (Wildman–Crippen MR) is 154 cm³/mol. The van der Waals surface area contributed by atoms with Gasteiger partial charge in [0.05, 0.1) is 19.0 Å². The summed E-state index contributed by atoms with van der Waals surface area (Å²) in [4.78, 5) is 25.7. The molecule has 37 heavy (non-hydrogen) atoms. The smallest absolute Gasteiger partial charge is 0.256 e. The number of aliphatic hydroxyl groups excluding tert-OH is 1. The van der Waals surface area contributed by atoms with Crippen molar-refractivity contribution < 1.29 is 20.5 Å². The van der Waals surface area contributed by atoms with E-state index in [1.165, 1.54) is 9.85 Å². The zero-order valence-corrected chi connectivity index (χ0v) is 25.1. The fraction of sp³-hybridized carbons (Fsp3) is 0.500. The van der Waals surface area contributed by atoms with Gasteiger partial charge >= 0.3 is 0 Å². The Bertz CT molecular complexity index is 1220. The van der Waals surface area contributed by atoms with Crippen LogP contribution in [-0.4, -0.2) is 70.8 Å². The van der Waals surface area contributed by atoms with E-state index >= 15 is 0 Å². The molecule has 2 aromatic heterocycles. The number of halogens is 1. The van der Waals surface area contributed by atoms with Gasteiger partial charge in [-0.1, -0.05) is 39.0 Å². The maximum atomic E-state index is 12.7. The first-order valence-corrected chi connectivity index (χ1v) is 15.8. The third-order valence-corrected chi connectivity index (χ3v) is 11.2. The number of ether oxygens (including phenoxy) is 1. The second-order valence-corrected chi connectivity index (χ2v) is 15.9. The Labute approximate surface area is 233 Å². The lowest BCUT2D eigenvalue weighted by Crippen LogP contribution is -2.51. The highest BCUT2D eigenvalue weighted by molar-refractivity contribution is 14.1. The lowest BCUT2D eigenvalue weighted by Gasteiger charge is -2.40. The Morgan fingerprint density at radius 1 is 1.30 bits per heavy atom. The van der Waals surface area contributed by atoms with E-state index in [1.807, 2.05) is 28.9 Å². The van der Waals surface area contributed by atoms with Crippen molar-refractivity contribution in [1.82, 2.24) is 23.0 Å². The lowest BCUT2D eigenvalue weighted by atomic mass is 10.1. The Morgan fingerprint density at radius 3 is 2.54 bits per heavy atom. The fourth-order valence-electron chi connectivity index (χ4n) is 3.69. The molecule has 1 amide bonds. The number of fused-ring (bicyclic) bond motifs is 1. The number of carbonyl (C=O) groups excluding carboxylic acids is 1. The van der Waals surface area contributed by atoms with Crippen LogP contribution in [0.2, 0.25) is 19.5 Å². The van der Waals surface area contributed by atoms with Crippen LogP contribution in [0.5, 0.6) is 0 Å². The van der Waals surface area contributed by atoms with Crippen LogP contribution < -0.4 is 14.6 Å². The SMILES string of the molecule is CC(C)(C)[Si](C)(C)O[C@@H]1[C@H](N)[C@@H](CO)O[C@H]1n1cnc2c(NC(=O)c3ccccc3)ncnc21.[3H]N(C)I. The maximum absolute atomic E-state index is 12.7. The number of benzene rings is 1. The van der Waals surface area contributed by atoms with Gasteiger partial charge in [-0.05, 0) is 37.3 Å². The Hall–Kier alpha value is -2.01. The monoisotopic (exact) mass is 643 g/mol. The summed E-state index contributed by atoms with van der Waals surface area (Å²) in [6.45, 7) is 10.5. The summed E-state index contributed by atoms with van der Waals surface area (Å²) >= 11 is 1.84. The van der Waals surface area contributed by atoms with Crippen LogP contribution >= 0.6 is 22.9 Å². The molecule has 5 N–H and O–H groups in total. The third-order valence-electron chi connectivity index (χ3n) is 6.72. The number of aromatic nitrogens is 4. The van der Waals surface area contributed by atoms with Crippen LogP contribution in [0, 0.1) is 0 Å². The van der Waals surface area contributed by atoms with Crippen molar-refractivity contribution in [3.8, 4) is 0 Å². The van der Waals surface area contributed by atoms with Crippen molar-refractivity contribution in [1.29, 1.82) is 0 Å². The number of nitrogens with one attached hydrogen (secondary N) is 2. The quantitative estimate of drug-likeness (QED) is 0.180. The molecule has 0 spiro atoms. The van der Waals surface area contributed by atoms with Gasteiger partial charge in [0.25, 0.3) is 5.91 Å². The third kappa shape index (κ3) is 6.53. The summed E-state index contributed by atoms with van der Waals surface area (Å²) in [6, 6.07) is 8.34. The molecule has 202 valence electrons. The van der Waals surface area contributed by atoms with E-state index in [1.54, 1.807) is 42.2 Å². The number of hydrogen-bond donors (Lipinski definition) is 4. The molecule has 4 atom stereocenters. The Morgan fingerprint density at radius 2 is 1.95 bits per heavy atom. The molecule has 3 heterocycles. The highest BCUT2D eigenvalue weighted by atomic mass is 127. The lowest BCUT2D eigenvalue weighted by molar-refractivity contribution is -0.0462. The summed E-state index contributed by atoms with van der Waals surface area (Å²) in [5, 5.41) is 12.6. The molecule has 13 heteroatoms. The first-order valence-electron chi connectivity index (χ1n) is 12.3. The first-order chi connectivity index (χ1) is 17.8. The molecule has 3 aromatic rings. The number of amides is 1. The topological polar surface area (TPSA) is 149 Å². The summed E-state index contributed by atoms with van der Waals surface area (Å²) < 4.78 is 22.2. The number of hydrogen-bond acceptors (Lipinski definition) is 9. The Balaban J connectivity index is 0.000000934. The van der Waals surface area contributed by atoms with Gasteiger partial charge in [0.2, 0.25) is 0 Å². The number of anilines is 1. The second-order valence-electron chi connectivity index (χ2n) is 10.2. The zero-order chi connectivity index (χ0) is 28.3. The van der Waals surface area contributed by atoms with Crippen LogP contribution in [0.1, 0.15) is 37.4 Å². The largest absolute Gasteiger partial charge is 0.408 e. The van der Waals surface area contributed by atoms with E-state index in [-0.39, 0.29) is 17.6 Å². The van der Waals surface area contributed by atoms with Crippen LogP contribution in [0.15, 0.2) is 43.0 Å². The fourth-order valence-corrected chi connectivity index (χ4v) is 5.00. The molecule has 1 aliphatic rings. The van der Waals surface area contributed by atoms with Gasteiger partial charge in [0.15, 0.2) is 31.5 Å². The highest BCUT2D eigenvalue weighted by Gasteiger charge is 2.49. The molecule has 0 saturated carbocycles. The minimum absolute atomic E-state index is 0.0391. The van der Waals surface area contributed by atoms with E-state index in [2.05, 4.69) is 54.1 Å². The normalized spacial score (nSPS) is 22.5. The van der Waals surface area contributed by atoms with E-state index in [4.69, 9.17) is 16.3 Å². The zero-order valence-electron chi connectivity index (χ0n) is 22.9. The molecule has 1 saturated heterocycles. The number of carbonyl (C=O) groups is 1. The van der Waals surface area contributed by atoms with Gasteiger partial charge in [0, 0.05) is 28.4 Å². The van der Waals surface area contributed by atoms with Gasteiger partial charge in [0.1, 0.15) is 19.9 Å². The minimum atomic E-state index is -2.21.